The van der Waals surface area contributed by atoms with E-state index in [9.17, 15) is 4.79 Å². The van der Waals surface area contributed by atoms with Crippen molar-refractivity contribution in [3.63, 3.8) is 0 Å². The first-order chi connectivity index (χ1) is 10.2. The number of amides is 1. The fourth-order valence-corrected chi connectivity index (χ4v) is 3.73. The van der Waals surface area contributed by atoms with Crippen molar-refractivity contribution in [2.24, 2.45) is 0 Å². The minimum absolute atomic E-state index is 0. The predicted molar refractivity (Wildman–Crippen MR) is 91.6 cm³/mol. The Balaban J connectivity index is 0.00000176. The number of aromatic nitrogens is 3. The molecular formula is C13H17BrClN5OS. The minimum atomic E-state index is -0.181. The van der Waals surface area contributed by atoms with Crippen LogP contribution in [-0.2, 0) is 6.54 Å². The summed E-state index contributed by atoms with van der Waals surface area (Å²) in [5.41, 5.74) is 0.379. The van der Waals surface area contributed by atoms with E-state index in [2.05, 4.69) is 36.9 Å². The van der Waals surface area contributed by atoms with E-state index in [1.165, 1.54) is 0 Å². The molecule has 2 aromatic rings. The molecule has 6 nitrogen and oxygen atoms in total. The number of nitrogens with zero attached hydrogens (tertiary/aromatic N) is 3. The second-order valence-corrected chi connectivity index (χ2v) is 6.89. The lowest BCUT2D eigenvalue weighted by atomic mass is 10.1. The Labute approximate surface area is 147 Å². The zero-order valence-corrected chi connectivity index (χ0v) is 15.0. The van der Waals surface area contributed by atoms with Crippen molar-refractivity contribution in [2.45, 2.75) is 25.4 Å². The SMILES string of the molecule is Cl.O=C(NCc1cc(Br)cs1)c1cn(C2CCNCC2)nn1. The summed E-state index contributed by atoms with van der Waals surface area (Å²) in [5.74, 6) is -0.181. The second kappa shape index (κ2) is 8.05. The second-order valence-electron chi connectivity index (χ2n) is 4.98. The van der Waals surface area contributed by atoms with Crippen molar-refractivity contribution in [1.82, 2.24) is 25.6 Å². The Morgan fingerprint density at radius 2 is 2.27 bits per heavy atom. The van der Waals surface area contributed by atoms with E-state index >= 15 is 0 Å². The maximum Gasteiger partial charge on any atom is 0.273 e. The first-order valence-electron chi connectivity index (χ1n) is 6.86. The van der Waals surface area contributed by atoms with E-state index in [0.717, 1.165) is 35.3 Å². The summed E-state index contributed by atoms with van der Waals surface area (Å²) < 4.78 is 2.85. The van der Waals surface area contributed by atoms with Gasteiger partial charge in [-0.05, 0) is 47.9 Å². The zero-order chi connectivity index (χ0) is 14.7. The number of hydrogen-bond acceptors (Lipinski definition) is 5. The van der Waals surface area contributed by atoms with Gasteiger partial charge in [0.2, 0.25) is 0 Å². The molecule has 3 heterocycles. The van der Waals surface area contributed by atoms with Crippen LogP contribution in [0.25, 0.3) is 0 Å². The molecule has 22 heavy (non-hydrogen) atoms. The van der Waals surface area contributed by atoms with Crippen molar-refractivity contribution in [3.8, 4) is 0 Å². The number of carbonyl (C=O) groups excluding carboxylic acids is 1. The lowest BCUT2D eigenvalue weighted by Gasteiger charge is -2.22. The van der Waals surface area contributed by atoms with E-state index in [-0.39, 0.29) is 18.3 Å². The zero-order valence-electron chi connectivity index (χ0n) is 11.8. The highest BCUT2D eigenvalue weighted by molar-refractivity contribution is 9.10. The van der Waals surface area contributed by atoms with Crippen LogP contribution in [0.3, 0.4) is 0 Å². The molecule has 1 amide bonds. The molecular weight excluding hydrogens is 390 g/mol. The van der Waals surface area contributed by atoms with Gasteiger partial charge in [-0.15, -0.1) is 28.8 Å². The average Bonchev–Trinajstić information content (AvgIpc) is 3.15. The third-order valence-electron chi connectivity index (χ3n) is 3.47. The first-order valence-corrected chi connectivity index (χ1v) is 8.53. The van der Waals surface area contributed by atoms with Gasteiger partial charge >= 0.3 is 0 Å². The molecule has 1 aliphatic heterocycles. The minimum Gasteiger partial charge on any atom is -0.346 e. The average molecular weight is 407 g/mol. The van der Waals surface area contributed by atoms with Crippen LogP contribution in [0.15, 0.2) is 22.1 Å². The van der Waals surface area contributed by atoms with Gasteiger partial charge in [-0.25, -0.2) is 4.68 Å². The largest absolute Gasteiger partial charge is 0.346 e. The molecule has 1 fully saturated rings. The number of piperidine rings is 1. The van der Waals surface area contributed by atoms with Crippen LogP contribution in [0.4, 0.5) is 0 Å². The maximum atomic E-state index is 12.1. The fourth-order valence-electron chi connectivity index (χ4n) is 2.33. The van der Waals surface area contributed by atoms with E-state index in [1.807, 2.05) is 16.1 Å². The van der Waals surface area contributed by atoms with Crippen LogP contribution < -0.4 is 10.6 Å². The quantitative estimate of drug-likeness (QED) is 0.818. The Bertz CT molecular complexity index is 625. The predicted octanol–water partition coefficient (Wildman–Crippen LogP) is 2.38. The summed E-state index contributed by atoms with van der Waals surface area (Å²) in [6, 6.07) is 2.34. The van der Waals surface area contributed by atoms with Crippen molar-refractivity contribution in [2.75, 3.05) is 13.1 Å². The molecule has 0 spiro atoms. The molecule has 1 aliphatic rings. The molecule has 1 saturated heterocycles. The monoisotopic (exact) mass is 405 g/mol. The normalized spacial score (nSPS) is 15.3. The van der Waals surface area contributed by atoms with Gasteiger partial charge in [0.05, 0.1) is 18.8 Å². The third-order valence-corrected chi connectivity index (χ3v) is 5.17. The summed E-state index contributed by atoms with van der Waals surface area (Å²) in [4.78, 5) is 13.2. The summed E-state index contributed by atoms with van der Waals surface area (Å²) in [7, 11) is 0. The fraction of sp³-hybridized carbons (Fsp3) is 0.462. The Morgan fingerprint density at radius 1 is 1.50 bits per heavy atom. The van der Waals surface area contributed by atoms with Crippen LogP contribution in [-0.4, -0.2) is 34.0 Å². The van der Waals surface area contributed by atoms with Gasteiger partial charge in [-0.3, -0.25) is 4.79 Å². The summed E-state index contributed by atoms with van der Waals surface area (Å²) in [5, 5.41) is 16.2. The molecule has 0 bridgehead atoms. The number of hydrogen-bond donors (Lipinski definition) is 2. The topological polar surface area (TPSA) is 71.8 Å². The molecule has 0 unspecified atom stereocenters. The Hall–Kier alpha value is -0.960. The number of nitrogens with one attached hydrogen (secondary N) is 2. The molecule has 2 N–H and O–H groups in total. The highest BCUT2D eigenvalue weighted by Gasteiger charge is 2.18. The maximum absolute atomic E-state index is 12.1. The number of halogens is 2. The van der Waals surface area contributed by atoms with Crippen molar-refractivity contribution in [1.29, 1.82) is 0 Å². The van der Waals surface area contributed by atoms with Crippen LogP contribution in [0.1, 0.15) is 34.2 Å². The third kappa shape index (κ3) is 4.28. The van der Waals surface area contributed by atoms with Gasteiger partial charge in [-0.2, -0.15) is 0 Å². The van der Waals surface area contributed by atoms with E-state index < -0.39 is 0 Å². The number of carbonyl (C=O) groups is 1. The van der Waals surface area contributed by atoms with Gasteiger partial charge in [0.15, 0.2) is 5.69 Å². The molecule has 0 radical (unpaired) electrons. The van der Waals surface area contributed by atoms with Gasteiger partial charge in [0.25, 0.3) is 5.91 Å². The molecule has 0 aliphatic carbocycles. The van der Waals surface area contributed by atoms with Crippen molar-refractivity contribution >= 4 is 45.6 Å². The highest BCUT2D eigenvalue weighted by Crippen LogP contribution is 2.20. The molecule has 0 atom stereocenters. The smallest absolute Gasteiger partial charge is 0.273 e. The molecule has 120 valence electrons. The lowest BCUT2D eigenvalue weighted by molar-refractivity contribution is 0.0946. The van der Waals surface area contributed by atoms with Gasteiger partial charge < -0.3 is 10.6 Å². The Kier molecular flexibility index (Phi) is 6.37. The molecule has 0 saturated carbocycles. The van der Waals surface area contributed by atoms with Gasteiger partial charge in [0.1, 0.15) is 0 Å². The molecule has 9 heteroatoms. The van der Waals surface area contributed by atoms with Crippen LogP contribution in [0, 0.1) is 0 Å². The molecule has 3 rings (SSSR count). The number of thiophene rings is 1. The van der Waals surface area contributed by atoms with Gasteiger partial charge in [-0.1, -0.05) is 5.21 Å². The summed E-state index contributed by atoms with van der Waals surface area (Å²) in [6.07, 6.45) is 3.79. The van der Waals surface area contributed by atoms with E-state index in [0.29, 0.717) is 18.3 Å². The lowest BCUT2D eigenvalue weighted by Crippen LogP contribution is -2.29. The first kappa shape index (κ1) is 17.4. The van der Waals surface area contributed by atoms with Crippen LogP contribution in [0.2, 0.25) is 0 Å². The van der Waals surface area contributed by atoms with E-state index in [4.69, 9.17) is 0 Å². The van der Waals surface area contributed by atoms with Crippen LogP contribution in [0.5, 0.6) is 0 Å². The highest BCUT2D eigenvalue weighted by atomic mass is 79.9. The summed E-state index contributed by atoms with van der Waals surface area (Å²) >= 11 is 5.00. The Morgan fingerprint density at radius 3 is 2.95 bits per heavy atom. The van der Waals surface area contributed by atoms with E-state index in [1.54, 1.807) is 17.5 Å². The van der Waals surface area contributed by atoms with Gasteiger partial charge in [0, 0.05) is 14.7 Å². The molecule has 2 aromatic heterocycles. The molecule has 0 aromatic carbocycles. The van der Waals surface area contributed by atoms with Crippen molar-refractivity contribution < 1.29 is 4.79 Å². The van der Waals surface area contributed by atoms with Crippen LogP contribution >= 0.6 is 39.7 Å². The summed E-state index contributed by atoms with van der Waals surface area (Å²) in [6.45, 7) is 2.48. The number of rotatable bonds is 4. The standard InChI is InChI=1S/C13H16BrN5OS.ClH/c14-9-5-11(21-8-9)6-16-13(20)12-7-19(18-17-12)10-1-3-15-4-2-10;/h5,7-8,10,15H,1-4,6H2,(H,16,20);1H. The van der Waals surface area contributed by atoms with Crippen molar-refractivity contribution in [3.05, 3.63) is 32.7 Å².